The summed E-state index contributed by atoms with van der Waals surface area (Å²) >= 11 is 1.66. The maximum absolute atomic E-state index is 9.28. The Bertz CT molecular complexity index is 699. The van der Waals surface area contributed by atoms with Gasteiger partial charge in [0.25, 0.3) is 0 Å². The van der Waals surface area contributed by atoms with Crippen molar-refractivity contribution in [3.8, 4) is 0 Å². The van der Waals surface area contributed by atoms with Crippen LogP contribution >= 0.6 is 11.9 Å². The van der Waals surface area contributed by atoms with Crippen molar-refractivity contribution in [2.24, 2.45) is 28.7 Å². The third-order valence-corrected chi connectivity index (χ3v) is 7.93. The van der Waals surface area contributed by atoms with Crippen LogP contribution in [0.25, 0.3) is 0 Å². The second kappa shape index (κ2) is 19.7. The molecule has 2 saturated heterocycles. The van der Waals surface area contributed by atoms with Crippen molar-refractivity contribution >= 4 is 11.9 Å². The van der Waals surface area contributed by atoms with Gasteiger partial charge in [-0.3, -0.25) is 4.72 Å². The van der Waals surface area contributed by atoms with Crippen LogP contribution in [0.15, 0.2) is 12.2 Å². The van der Waals surface area contributed by atoms with Crippen LogP contribution in [0.3, 0.4) is 0 Å². The van der Waals surface area contributed by atoms with Crippen molar-refractivity contribution in [2.45, 2.75) is 106 Å². The predicted molar refractivity (Wildman–Crippen MR) is 153 cm³/mol. The summed E-state index contributed by atoms with van der Waals surface area (Å²) in [6, 6.07) is -0.446. The molecule has 0 radical (unpaired) electrons. The minimum Gasteiger partial charge on any atom is -0.394 e. The van der Waals surface area contributed by atoms with Crippen molar-refractivity contribution in [3.63, 3.8) is 0 Å². The standard InChI is InChI=1S/C13H27N3O3S.C6H14N2O4.C6H11NO/c14-3-4-20-16-10-5-9(15)6-12(7-10)19-13-2-1-11(8-17)18-13;7-1-2-4(9)5(10)3(8)6(11)12-2;7-5-6-3-1-2-4-8-6/h9-13,16-17H,1-8,14-15H2;2-6,9-11H,1,7-8H2;1,3,6H,2,4-5,7H2/t;2-,3+,4+,5?,6-;/m.0./s1. The van der Waals surface area contributed by atoms with E-state index in [9.17, 15) is 10.2 Å². The van der Waals surface area contributed by atoms with Crippen molar-refractivity contribution in [3.05, 3.63) is 12.2 Å². The molecule has 15 N–H and O–H groups in total. The molecule has 11 atom stereocenters. The van der Waals surface area contributed by atoms with Crippen LogP contribution in [0, 0.1) is 0 Å². The molecule has 4 rings (SSSR count). The van der Waals surface area contributed by atoms with Gasteiger partial charge in [-0.2, -0.15) is 0 Å². The first-order chi connectivity index (χ1) is 19.2. The van der Waals surface area contributed by atoms with Gasteiger partial charge in [0, 0.05) is 43.9 Å². The average Bonchev–Trinajstić information content (AvgIpc) is 3.42. The summed E-state index contributed by atoms with van der Waals surface area (Å²) < 4.78 is 25.1. The van der Waals surface area contributed by atoms with Gasteiger partial charge >= 0.3 is 0 Å². The monoisotopic (exact) mass is 596 g/mol. The maximum atomic E-state index is 9.28. The van der Waals surface area contributed by atoms with E-state index in [1.54, 1.807) is 11.9 Å². The van der Waals surface area contributed by atoms with Gasteiger partial charge in [0.15, 0.2) is 12.6 Å². The Hall–Kier alpha value is -0.470. The summed E-state index contributed by atoms with van der Waals surface area (Å²) in [6.45, 7) is 2.22. The fourth-order valence-electron chi connectivity index (χ4n) is 4.77. The molecule has 1 aliphatic carbocycles. The van der Waals surface area contributed by atoms with Crippen molar-refractivity contribution in [1.82, 2.24) is 4.72 Å². The molecule has 0 aromatic carbocycles. The minimum atomic E-state index is -1.27. The highest BCUT2D eigenvalue weighted by Gasteiger charge is 2.41. The molecule has 1 saturated carbocycles. The van der Waals surface area contributed by atoms with Crippen LogP contribution in [0.4, 0.5) is 0 Å². The quantitative estimate of drug-likeness (QED) is 0.0720. The molecule has 7 unspecified atom stereocenters. The van der Waals surface area contributed by atoms with Crippen LogP contribution in [-0.2, 0) is 18.9 Å². The highest BCUT2D eigenvalue weighted by atomic mass is 32.2. The van der Waals surface area contributed by atoms with Gasteiger partial charge in [-0.1, -0.05) is 24.1 Å². The van der Waals surface area contributed by atoms with E-state index in [0.29, 0.717) is 19.1 Å². The third kappa shape index (κ3) is 12.4. The SMILES string of the molecule is NCC1C=CCCO1.NCCSNC1CC(N)CC(OC2CCC(CO)O2)C1.NC[C@@H]1O[C@H](O)[C@H](N)C(O)[C@@H]1O. The van der Waals surface area contributed by atoms with E-state index < -0.39 is 30.6 Å². The molecular formula is C25H52N6O8S. The molecule has 4 aliphatic rings. The van der Waals surface area contributed by atoms with Gasteiger partial charge in [-0.05, 0) is 32.1 Å². The maximum Gasteiger partial charge on any atom is 0.172 e. The van der Waals surface area contributed by atoms with Crippen molar-refractivity contribution in [2.75, 3.05) is 38.6 Å². The minimum absolute atomic E-state index is 0.0298. The molecule has 3 aliphatic heterocycles. The predicted octanol–water partition coefficient (Wildman–Crippen LogP) is -3.05. The first-order valence-corrected chi connectivity index (χ1v) is 15.1. The fraction of sp³-hybridized carbons (Fsp3) is 0.920. The lowest BCUT2D eigenvalue weighted by atomic mass is 9.90. The second-order valence-electron chi connectivity index (χ2n) is 10.3. The van der Waals surface area contributed by atoms with Gasteiger partial charge in [-0.15, -0.1) is 0 Å². The van der Waals surface area contributed by atoms with E-state index in [1.807, 2.05) is 6.08 Å². The van der Waals surface area contributed by atoms with Crippen LogP contribution in [0.5, 0.6) is 0 Å². The lowest BCUT2D eigenvalue weighted by molar-refractivity contribution is -0.238. The number of aliphatic hydroxyl groups is 4. The van der Waals surface area contributed by atoms with Crippen LogP contribution in [-0.4, -0.2) is 126 Å². The van der Waals surface area contributed by atoms with Crippen LogP contribution in [0.1, 0.15) is 38.5 Å². The Morgan fingerprint density at radius 1 is 0.975 bits per heavy atom. The van der Waals surface area contributed by atoms with Crippen molar-refractivity contribution in [1.29, 1.82) is 0 Å². The van der Waals surface area contributed by atoms with Gasteiger partial charge in [0.2, 0.25) is 0 Å². The molecule has 0 aromatic heterocycles. The summed E-state index contributed by atoms with van der Waals surface area (Å²) in [6.07, 6.45) is 5.43. The summed E-state index contributed by atoms with van der Waals surface area (Å²) in [5, 5.41) is 36.7. The Morgan fingerprint density at radius 2 is 1.75 bits per heavy atom. The van der Waals surface area contributed by atoms with E-state index >= 15 is 0 Å². The molecule has 15 heteroatoms. The van der Waals surface area contributed by atoms with Gasteiger partial charge in [-0.25, -0.2) is 0 Å². The van der Waals surface area contributed by atoms with Gasteiger partial charge in [0.1, 0.15) is 18.3 Å². The molecule has 0 bridgehead atoms. The molecule has 236 valence electrons. The van der Waals surface area contributed by atoms with E-state index in [0.717, 1.165) is 50.9 Å². The molecule has 0 spiro atoms. The Labute approximate surface area is 241 Å². The largest absolute Gasteiger partial charge is 0.394 e. The number of aliphatic hydroxyl groups excluding tert-OH is 4. The molecule has 14 nitrogen and oxygen atoms in total. The molecule has 0 aromatic rings. The fourth-order valence-corrected chi connectivity index (χ4v) is 5.44. The number of rotatable bonds is 9. The van der Waals surface area contributed by atoms with Gasteiger partial charge in [0.05, 0.1) is 37.6 Å². The second-order valence-corrected chi connectivity index (χ2v) is 11.3. The van der Waals surface area contributed by atoms with Crippen molar-refractivity contribution < 1.29 is 39.4 Å². The third-order valence-electron chi connectivity index (χ3n) is 6.99. The van der Waals surface area contributed by atoms with Crippen LogP contribution in [0.2, 0.25) is 0 Å². The smallest absolute Gasteiger partial charge is 0.172 e. The molecule has 0 amide bonds. The molecule has 3 fully saturated rings. The van der Waals surface area contributed by atoms with E-state index in [4.69, 9.17) is 57.8 Å². The number of nitrogens with one attached hydrogen (secondary N) is 1. The Balaban J connectivity index is 0.000000236. The van der Waals surface area contributed by atoms with E-state index in [1.165, 1.54) is 0 Å². The average molecular weight is 597 g/mol. The first kappa shape index (κ1) is 35.7. The molecular weight excluding hydrogens is 544 g/mol. The number of hydrogen-bond acceptors (Lipinski definition) is 15. The summed E-state index contributed by atoms with van der Waals surface area (Å²) in [5.74, 6) is 0.904. The molecule has 3 heterocycles. The topological polar surface area (TPSA) is 260 Å². The lowest BCUT2D eigenvalue weighted by Crippen LogP contribution is -2.62. The zero-order chi connectivity index (χ0) is 29.5. The number of ether oxygens (including phenoxy) is 4. The first-order valence-electron chi connectivity index (χ1n) is 14.1. The highest BCUT2D eigenvalue weighted by Crippen LogP contribution is 2.27. The van der Waals surface area contributed by atoms with Crippen LogP contribution < -0.4 is 33.4 Å². The lowest BCUT2D eigenvalue weighted by Gasteiger charge is -2.38. The Kier molecular flexibility index (Phi) is 17.6. The Morgan fingerprint density at radius 3 is 2.33 bits per heavy atom. The summed E-state index contributed by atoms with van der Waals surface area (Å²) in [4.78, 5) is 0. The van der Waals surface area contributed by atoms with E-state index in [-0.39, 0.29) is 43.8 Å². The number of hydrogen-bond donors (Lipinski definition) is 10. The number of nitrogens with two attached hydrogens (primary N) is 5. The zero-order valence-corrected chi connectivity index (χ0v) is 24.0. The van der Waals surface area contributed by atoms with Gasteiger partial charge < -0.3 is 68.0 Å². The highest BCUT2D eigenvalue weighted by molar-refractivity contribution is 7.97. The normalized spacial score (nSPS) is 39.6. The molecule has 40 heavy (non-hydrogen) atoms. The van der Waals surface area contributed by atoms with E-state index in [2.05, 4.69) is 10.8 Å². The zero-order valence-electron chi connectivity index (χ0n) is 23.2. The summed E-state index contributed by atoms with van der Waals surface area (Å²) in [7, 11) is 0. The summed E-state index contributed by atoms with van der Waals surface area (Å²) in [5.41, 5.74) is 27.4.